The first-order valence-corrected chi connectivity index (χ1v) is 2.62. The average Bonchev–Trinajstić information content (AvgIpc) is 2.15. The molecule has 1 N–H and O–H groups in total. The Kier molecular flexibility index (Phi) is 0.592. The molecule has 0 aromatic carbocycles. The average molecular weight is 107 g/mol. The topological polar surface area (TPSA) is 28.1 Å². The van der Waals surface area contributed by atoms with Crippen LogP contribution >= 0.6 is 0 Å². The summed E-state index contributed by atoms with van der Waals surface area (Å²) in [5.74, 6) is 0. The molecule has 0 saturated carbocycles. The molecule has 0 spiro atoms. The fourth-order valence-corrected chi connectivity index (χ4v) is 0.908. The Morgan fingerprint density at radius 2 is 2.62 bits per heavy atom. The molecule has 1 aromatic heterocycles. The molecule has 2 nitrogen and oxygen atoms in total. The number of hydrogen-bond donors (Lipinski definition) is 1. The van der Waals surface area contributed by atoms with Gasteiger partial charge in [0.1, 0.15) is 0 Å². The molecule has 1 aliphatic heterocycles. The summed E-state index contributed by atoms with van der Waals surface area (Å²) in [6.45, 7) is 0.860. The molecule has 2 heteroatoms. The standard InChI is InChI=1S/C6H6N2/c1-5-2-8-4-6(5)3-7-1/h1-3,7H,4H2/p+1. The van der Waals surface area contributed by atoms with E-state index in [1.807, 2.05) is 18.6 Å². The van der Waals surface area contributed by atoms with E-state index < -0.39 is 0 Å². The normalized spacial score (nSPS) is 14.5. The lowest BCUT2D eigenvalue weighted by molar-refractivity contribution is 1.11. The van der Waals surface area contributed by atoms with Crippen LogP contribution in [0.1, 0.15) is 12.6 Å². The molecular formula is C6H7N2+. The van der Waals surface area contributed by atoms with E-state index in [0.29, 0.717) is 0 Å². The minimum absolute atomic E-state index is 0. The molecule has 8 heavy (non-hydrogen) atoms. The van der Waals surface area contributed by atoms with Crippen molar-refractivity contribution in [2.24, 2.45) is 4.99 Å². The quantitative estimate of drug-likeness (QED) is 0.513. The summed E-state index contributed by atoms with van der Waals surface area (Å²) < 4.78 is 0. The van der Waals surface area contributed by atoms with E-state index in [-0.39, 0.29) is 1.43 Å². The molecule has 1 aromatic rings. The van der Waals surface area contributed by atoms with Gasteiger partial charge in [0, 0.05) is 24.2 Å². The zero-order valence-electron chi connectivity index (χ0n) is 5.39. The molecule has 0 unspecified atom stereocenters. The highest BCUT2D eigenvalue weighted by atomic mass is 14.8. The third-order valence-corrected chi connectivity index (χ3v) is 1.36. The van der Waals surface area contributed by atoms with E-state index in [0.717, 1.165) is 6.54 Å². The van der Waals surface area contributed by atoms with Crippen LogP contribution in [0.4, 0.5) is 0 Å². The van der Waals surface area contributed by atoms with Crippen molar-refractivity contribution < 1.29 is 1.43 Å². The first kappa shape index (κ1) is 3.89. The molecule has 0 aliphatic carbocycles. The van der Waals surface area contributed by atoms with Gasteiger partial charge < -0.3 is 4.98 Å². The minimum Gasteiger partial charge on any atom is -0.367 e. The van der Waals surface area contributed by atoms with Gasteiger partial charge in [-0.25, -0.2) is 0 Å². The molecule has 0 amide bonds. The molecule has 1 aliphatic rings. The monoisotopic (exact) mass is 107 g/mol. The van der Waals surface area contributed by atoms with E-state index in [1.165, 1.54) is 11.1 Å². The SMILES string of the molecule is C1=NCc2c[nH]cc21.[H+]. The van der Waals surface area contributed by atoms with Gasteiger partial charge in [0.05, 0.1) is 6.54 Å². The van der Waals surface area contributed by atoms with Crippen molar-refractivity contribution in [2.75, 3.05) is 0 Å². The van der Waals surface area contributed by atoms with E-state index in [2.05, 4.69) is 9.98 Å². The van der Waals surface area contributed by atoms with Gasteiger partial charge in [-0.2, -0.15) is 0 Å². The van der Waals surface area contributed by atoms with Gasteiger partial charge in [0.25, 0.3) is 0 Å². The third kappa shape index (κ3) is 0.346. The highest BCUT2D eigenvalue weighted by Gasteiger charge is 2.03. The van der Waals surface area contributed by atoms with Crippen LogP contribution in [-0.4, -0.2) is 11.2 Å². The molecule has 0 fully saturated rings. The maximum absolute atomic E-state index is 4.07. The Balaban J connectivity index is 0.000000405. The van der Waals surface area contributed by atoms with Gasteiger partial charge in [-0.1, -0.05) is 0 Å². The summed E-state index contributed by atoms with van der Waals surface area (Å²) in [5, 5.41) is 0. The largest absolute Gasteiger partial charge is 1.00 e. The summed E-state index contributed by atoms with van der Waals surface area (Å²) in [7, 11) is 0. The van der Waals surface area contributed by atoms with Crippen LogP contribution in [-0.2, 0) is 6.54 Å². The van der Waals surface area contributed by atoms with Gasteiger partial charge in [-0.3, -0.25) is 4.99 Å². The number of rotatable bonds is 0. The highest BCUT2D eigenvalue weighted by molar-refractivity contribution is 5.83. The second kappa shape index (κ2) is 1.22. The van der Waals surface area contributed by atoms with Crippen LogP contribution in [0.15, 0.2) is 17.4 Å². The lowest BCUT2D eigenvalue weighted by Crippen LogP contribution is -1.70. The molecule has 2 heterocycles. The summed E-state index contributed by atoms with van der Waals surface area (Å²) in [6.07, 6.45) is 5.85. The van der Waals surface area contributed by atoms with Crippen molar-refractivity contribution in [3.63, 3.8) is 0 Å². The van der Waals surface area contributed by atoms with Crippen LogP contribution < -0.4 is 0 Å². The maximum atomic E-state index is 4.07. The van der Waals surface area contributed by atoms with Crippen molar-refractivity contribution in [3.8, 4) is 0 Å². The number of aromatic nitrogens is 1. The minimum atomic E-state index is 0. The summed E-state index contributed by atoms with van der Waals surface area (Å²) in [4.78, 5) is 7.08. The lowest BCUT2D eigenvalue weighted by Gasteiger charge is -1.77. The summed E-state index contributed by atoms with van der Waals surface area (Å²) in [6, 6.07) is 0. The first-order valence-electron chi connectivity index (χ1n) is 2.62. The van der Waals surface area contributed by atoms with Crippen molar-refractivity contribution >= 4 is 6.21 Å². The Morgan fingerprint density at radius 1 is 1.62 bits per heavy atom. The van der Waals surface area contributed by atoms with Crippen molar-refractivity contribution in [1.29, 1.82) is 0 Å². The number of H-pyrrole nitrogens is 1. The molecule has 0 atom stereocenters. The zero-order valence-corrected chi connectivity index (χ0v) is 4.39. The number of aromatic amines is 1. The van der Waals surface area contributed by atoms with E-state index in [1.54, 1.807) is 0 Å². The van der Waals surface area contributed by atoms with Crippen LogP contribution in [0.5, 0.6) is 0 Å². The van der Waals surface area contributed by atoms with Gasteiger partial charge in [0.15, 0.2) is 0 Å². The van der Waals surface area contributed by atoms with Gasteiger partial charge in [0.2, 0.25) is 0 Å². The molecule has 40 valence electrons. The number of nitrogens with zero attached hydrogens (tertiary/aromatic N) is 1. The Labute approximate surface area is 48.7 Å². The molecule has 0 radical (unpaired) electrons. The Bertz CT molecular complexity index is 227. The van der Waals surface area contributed by atoms with Crippen molar-refractivity contribution in [1.82, 2.24) is 4.98 Å². The highest BCUT2D eigenvalue weighted by Crippen LogP contribution is 2.11. The number of hydrogen-bond acceptors (Lipinski definition) is 1. The smallest absolute Gasteiger partial charge is 0.367 e. The summed E-state index contributed by atoms with van der Waals surface area (Å²) >= 11 is 0. The number of fused-ring (bicyclic) bond motifs is 1. The fraction of sp³-hybridized carbons (Fsp3) is 0.167. The maximum Gasteiger partial charge on any atom is 1.00 e. The first-order chi connectivity index (χ1) is 3.97. The Morgan fingerprint density at radius 3 is 3.50 bits per heavy atom. The van der Waals surface area contributed by atoms with Crippen LogP contribution in [0.2, 0.25) is 0 Å². The Hall–Kier alpha value is -1.05. The van der Waals surface area contributed by atoms with E-state index in [4.69, 9.17) is 0 Å². The van der Waals surface area contributed by atoms with Gasteiger partial charge in [-0.15, -0.1) is 0 Å². The fourth-order valence-electron chi connectivity index (χ4n) is 0.908. The number of aliphatic imine (C=N–C) groups is 1. The predicted octanol–water partition coefficient (Wildman–Crippen LogP) is 1.06. The molecule has 0 bridgehead atoms. The third-order valence-electron chi connectivity index (χ3n) is 1.36. The molecular weight excluding hydrogens is 100 g/mol. The van der Waals surface area contributed by atoms with E-state index >= 15 is 0 Å². The van der Waals surface area contributed by atoms with Crippen LogP contribution in [0.25, 0.3) is 0 Å². The molecule has 0 saturated heterocycles. The van der Waals surface area contributed by atoms with Gasteiger partial charge in [-0.05, 0) is 5.56 Å². The number of nitrogens with one attached hydrogen (secondary N) is 1. The lowest BCUT2D eigenvalue weighted by atomic mass is 10.2. The van der Waals surface area contributed by atoms with Crippen molar-refractivity contribution in [3.05, 3.63) is 23.5 Å². The second-order valence-corrected chi connectivity index (χ2v) is 1.91. The van der Waals surface area contributed by atoms with Crippen LogP contribution in [0, 0.1) is 0 Å². The van der Waals surface area contributed by atoms with E-state index in [9.17, 15) is 0 Å². The van der Waals surface area contributed by atoms with Gasteiger partial charge >= 0.3 is 1.43 Å². The van der Waals surface area contributed by atoms with Crippen LogP contribution in [0.3, 0.4) is 0 Å². The predicted molar refractivity (Wildman–Crippen MR) is 33.2 cm³/mol. The van der Waals surface area contributed by atoms with Crippen molar-refractivity contribution in [2.45, 2.75) is 6.54 Å². The summed E-state index contributed by atoms with van der Waals surface area (Å²) in [5.41, 5.74) is 2.55. The zero-order chi connectivity index (χ0) is 5.40. The molecule has 2 rings (SSSR count). The second-order valence-electron chi connectivity index (χ2n) is 1.91.